The zero-order chi connectivity index (χ0) is 25.9. The predicted octanol–water partition coefficient (Wildman–Crippen LogP) is 0.716. The number of carbonyl (C=O) groups excluding carboxylic acids is 5. The summed E-state index contributed by atoms with van der Waals surface area (Å²) in [4.78, 5) is 59.4. The third kappa shape index (κ3) is 10.8. The highest BCUT2D eigenvalue weighted by atomic mass is 16.5. The van der Waals surface area contributed by atoms with Gasteiger partial charge in [0.25, 0.3) is 5.91 Å². The van der Waals surface area contributed by atoms with E-state index in [0.29, 0.717) is 70.9 Å². The number of nitrogens with zero attached hydrogens (tertiary/aromatic N) is 1. The van der Waals surface area contributed by atoms with E-state index in [-0.39, 0.29) is 24.0 Å². The fourth-order valence-electron chi connectivity index (χ4n) is 3.20. The molecule has 1 unspecified atom stereocenters. The Morgan fingerprint density at radius 1 is 0.943 bits per heavy atom. The average molecular weight is 494 g/mol. The van der Waals surface area contributed by atoms with Gasteiger partial charge in [-0.3, -0.25) is 14.4 Å². The van der Waals surface area contributed by atoms with Gasteiger partial charge >= 0.3 is 0 Å². The number of nitrogens with one attached hydrogen (secondary N) is 2. The SMILES string of the molecule is CNC(=O)C(CCC=O)N(C)C(=O)c1c(C=O)cccc1NCCOCCOCCOCCC=O. The molecule has 0 bridgehead atoms. The molecular formula is C24H35N3O8. The molecule has 2 amide bonds. The third-order valence-corrected chi connectivity index (χ3v) is 5.02. The molecule has 0 heterocycles. The highest BCUT2D eigenvalue weighted by molar-refractivity contribution is 6.07. The van der Waals surface area contributed by atoms with E-state index in [9.17, 15) is 24.0 Å². The van der Waals surface area contributed by atoms with Crippen LogP contribution in [0.3, 0.4) is 0 Å². The van der Waals surface area contributed by atoms with Gasteiger partial charge in [0.05, 0.1) is 45.2 Å². The number of rotatable bonds is 20. The van der Waals surface area contributed by atoms with Crippen LogP contribution in [-0.4, -0.2) is 102 Å². The molecule has 0 saturated heterocycles. The van der Waals surface area contributed by atoms with E-state index in [1.165, 1.54) is 25.1 Å². The maximum Gasteiger partial charge on any atom is 0.257 e. The molecule has 1 aromatic rings. The lowest BCUT2D eigenvalue weighted by atomic mass is 10.0. The van der Waals surface area contributed by atoms with Crippen molar-refractivity contribution in [1.82, 2.24) is 10.2 Å². The molecule has 11 nitrogen and oxygen atoms in total. The first kappa shape index (κ1) is 29.9. The summed E-state index contributed by atoms with van der Waals surface area (Å²) in [6, 6.07) is 3.99. The minimum atomic E-state index is -0.857. The van der Waals surface area contributed by atoms with Crippen LogP contribution in [0.2, 0.25) is 0 Å². The van der Waals surface area contributed by atoms with Crippen LogP contribution in [0.4, 0.5) is 5.69 Å². The first-order valence-corrected chi connectivity index (χ1v) is 11.4. The van der Waals surface area contributed by atoms with Crippen LogP contribution in [0, 0.1) is 0 Å². The fourth-order valence-corrected chi connectivity index (χ4v) is 3.20. The summed E-state index contributed by atoms with van der Waals surface area (Å²) < 4.78 is 16.1. The predicted molar refractivity (Wildman–Crippen MR) is 129 cm³/mol. The molecule has 0 aromatic heterocycles. The fraction of sp³-hybridized carbons (Fsp3) is 0.542. The Hall–Kier alpha value is -3.15. The summed E-state index contributed by atoms with van der Waals surface area (Å²) in [5, 5.41) is 5.60. The van der Waals surface area contributed by atoms with Gasteiger partial charge in [-0.15, -0.1) is 0 Å². The molecule has 0 spiro atoms. The van der Waals surface area contributed by atoms with E-state index in [4.69, 9.17) is 14.2 Å². The lowest BCUT2D eigenvalue weighted by molar-refractivity contribution is -0.125. The van der Waals surface area contributed by atoms with E-state index in [0.717, 1.165) is 6.29 Å². The quantitative estimate of drug-likeness (QED) is 0.198. The Kier molecular flexibility index (Phi) is 15.5. The lowest BCUT2D eigenvalue weighted by Gasteiger charge is -2.28. The molecule has 2 N–H and O–H groups in total. The Morgan fingerprint density at radius 2 is 1.57 bits per heavy atom. The Labute approximate surface area is 205 Å². The van der Waals surface area contributed by atoms with Gasteiger partial charge in [-0.25, -0.2) is 0 Å². The van der Waals surface area contributed by atoms with Crippen molar-refractivity contribution in [1.29, 1.82) is 0 Å². The number of hydrogen-bond acceptors (Lipinski definition) is 9. The third-order valence-electron chi connectivity index (χ3n) is 5.02. The minimum Gasteiger partial charge on any atom is -0.382 e. The molecule has 1 aromatic carbocycles. The van der Waals surface area contributed by atoms with Crippen LogP contribution >= 0.6 is 0 Å². The molecule has 194 valence electrons. The van der Waals surface area contributed by atoms with Crippen molar-refractivity contribution in [2.24, 2.45) is 0 Å². The van der Waals surface area contributed by atoms with Crippen molar-refractivity contribution in [3.05, 3.63) is 29.3 Å². The van der Waals surface area contributed by atoms with E-state index in [2.05, 4.69) is 10.6 Å². The monoisotopic (exact) mass is 493 g/mol. The Bertz CT molecular complexity index is 818. The van der Waals surface area contributed by atoms with Crippen LogP contribution in [0.25, 0.3) is 0 Å². The van der Waals surface area contributed by atoms with Crippen molar-refractivity contribution in [2.45, 2.75) is 25.3 Å². The molecule has 0 aliphatic rings. The van der Waals surface area contributed by atoms with Crippen LogP contribution in [-0.2, 0) is 28.6 Å². The molecule has 11 heteroatoms. The molecule has 0 aliphatic heterocycles. The standard InChI is InChI=1S/C24H35N3O8/c1-25-23(31)21(8-4-10-28)27(2)24(32)22-19(18-30)6-3-7-20(22)26-9-13-34-15-17-35-16-14-33-12-5-11-29/h3,6-7,10-11,18,21,26H,4-5,8-9,12-17H2,1-2H3,(H,25,31). The highest BCUT2D eigenvalue weighted by Gasteiger charge is 2.29. The topological polar surface area (TPSA) is 140 Å². The van der Waals surface area contributed by atoms with E-state index in [1.807, 2.05) is 0 Å². The first-order chi connectivity index (χ1) is 17.0. The van der Waals surface area contributed by atoms with Gasteiger partial charge in [0.2, 0.25) is 5.91 Å². The first-order valence-electron chi connectivity index (χ1n) is 11.4. The van der Waals surface area contributed by atoms with Crippen molar-refractivity contribution in [3.63, 3.8) is 0 Å². The summed E-state index contributed by atoms with van der Waals surface area (Å²) in [5.41, 5.74) is 0.760. The van der Waals surface area contributed by atoms with E-state index < -0.39 is 17.9 Å². The maximum atomic E-state index is 13.3. The summed E-state index contributed by atoms with van der Waals surface area (Å²) in [6.45, 7) is 2.63. The number of anilines is 1. The van der Waals surface area contributed by atoms with Gasteiger partial charge in [0, 0.05) is 44.7 Å². The number of hydrogen-bond donors (Lipinski definition) is 2. The molecular weight excluding hydrogens is 458 g/mol. The maximum absolute atomic E-state index is 13.3. The molecule has 0 aliphatic carbocycles. The van der Waals surface area contributed by atoms with Crippen LogP contribution < -0.4 is 10.6 Å². The van der Waals surface area contributed by atoms with Gasteiger partial charge in [-0.2, -0.15) is 0 Å². The second kappa shape index (κ2) is 18.2. The van der Waals surface area contributed by atoms with E-state index in [1.54, 1.807) is 12.1 Å². The van der Waals surface area contributed by atoms with Gasteiger partial charge in [-0.1, -0.05) is 12.1 Å². The molecule has 35 heavy (non-hydrogen) atoms. The number of likely N-dealkylation sites (N-methyl/N-ethyl adjacent to an activating group) is 2. The largest absolute Gasteiger partial charge is 0.382 e. The van der Waals surface area contributed by atoms with Crippen LogP contribution in [0.1, 0.15) is 40.0 Å². The molecule has 1 rings (SSSR count). The zero-order valence-corrected chi connectivity index (χ0v) is 20.3. The smallest absolute Gasteiger partial charge is 0.257 e. The van der Waals surface area contributed by atoms with Crippen LogP contribution in [0.15, 0.2) is 18.2 Å². The molecule has 0 radical (unpaired) electrons. The Balaban J connectivity index is 2.63. The number of carbonyl (C=O) groups is 5. The summed E-state index contributed by atoms with van der Waals surface area (Å²) in [6.07, 6.45) is 2.72. The normalized spacial score (nSPS) is 11.4. The molecule has 1 atom stereocenters. The van der Waals surface area contributed by atoms with Gasteiger partial charge in [-0.05, 0) is 12.5 Å². The highest BCUT2D eigenvalue weighted by Crippen LogP contribution is 2.22. The molecule has 0 fully saturated rings. The molecule has 0 saturated carbocycles. The van der Waals surface area contributed by atoms with Crippen molar-refractivity contribution >= 4 is 36.4 Å². The van der Waals surface area contributed by atoms with Crippen LogP contribution in [0.5, 0.6) is 0 Å². The minimum absolute atomic E-state index is 0.115. The van der Waals surface area contributed by atoms with E-state index >= 15 is 0 Å². The number of amides is 2. The van der Waals surface area contributed by atoms with Crippen molar-refractivity contribution in [3.8, 4) is 0 Å². The van der Waals surface area contributed by atoms with Crippen molar-refractivity contribution in [2.75, 3.05) is 65.6 Å². The van der Waals surface area contributed by atoms with Gasteiger partial charge in [0.15, 0.2) is 6.29 Å². The number of aldehydes is 3. The Morgan fingerprint density at radius 3 is 2.17 bits per heavy atom. The second-order valence-corrected chi connectivity index (χ2v) is 7.40. The average Bonchev–Trinajstić information content (AvgIpc) is 2.88. The summed E-state index contributed by atoms with van der Waals surface area (Å²) in [5.74, 6) is -0.914. The number of benzene rings is 1. The summed E-state index contributed by atoms with van der Waals surface area (Å²) in [7, 11) is 2.92. The summed E-state index contributed by atoms with van der Waals surface area (Å²) >= 11 is 0. The second-order valence-electron chi connectivity index (χ2n) is 7.40. The van der Waals surface area contributed by atoms with Crippen molar-refractivity contribution < 1.29 is 38.2 Å². The zero-order valence-electron chi connectivity index (χ0n) is 20.3. The number of ether oxygens (including phenoxy) is 3. The van der Waals surface area contributed by atoms with Gasteiger partial charge in [0.1, 0.15) is 18.6 Å². The lowest BCUT2D eigenvalue weighted by Crippen LogP contribution is -2.47. The van der Waals surface area contributed by atoms with Gasteiger partial charge < -0.3 is 39.3 Å².